The quantitative estimate of drug-likeness (QED) is 0.600. The molecule has 0 aliphatic rings. The summed E-state index contributed by atoms with van der Waals surface area (Å²) in [6, 6.07) is 23.1. The number of nitrogens with zero attached hydrogens (tertiary/aromatic N) is 1. The third-order valence-electron chi connectivity index (χ3n) is 4.13. The third kappa shape index (κ3) is 5.51. The van der Waals surface area contributed by atoms with Crippen LogP contribution in [-0.4, -0.2) is 18.7 Å². The van der Waals surface area contributed by atoms with Crippen LogP contribution in [0.1, 0.15) is 24.1 Å². The minimum atomic E-state index is -0.366. The summed E-state index contributed by atoms with van der Waals surface area (Å²) in [6.07, 6.45) is 1.58. The van der Waals surface area contributed by atoms with Gasteiger partial charge in [-0.2, -0.15) is 0 Å². The van der Waals surface area contributed by atoms with E-state index in [4.69, 9.17) is 4.74 Å². The van der Waals surface area contributed by atoms with Crippen LogP contribution in [0.5, 0.6) is 5.75 Å². The Balaban J connectivity index is 1.50. The Morgan fingerprint density at radius 1 is 1.04 bits per heavy atom. The van der Waals surface area contributed by atoms with Gasteiger partial charge in [0, 0.05) is 6.21 Å². The molecule has 4 nitrogen and oxygen atoms in total. The highest BCUT2D eigenvalue weighted by Gasteiger charge is 2.09. The summed E-state index contributed by atoms with van der Waals surface area (Å²) in [5, 5.41) is 2.90. The first-order chi connectivity index (χ1) is 13.6. The Bertz CT molecular complexity index is 940. The largest absolute Gasteiger partial charge is 0.484 e. The molecule has 28 heavy (non-hydrogen) atoms. The highest BCUT2D eigenvalue weighted by Crippen LogP contribution is 2.17. The van der Waals surface area contributed by atoms with Crippen molar-refractivity contribution in [3.63, 3.8) is 0 Å². The van der Waals surface area contributed by atoms with Gasteiger partial charge in [0.25, 0.3) is 5.91 Å². The maximum atomic E-state index is 13.6. The zero-order valence-electron chi connectivity index (χ0n) is 15.5. The molecule has 0 saturated heterocycles. The van der Waals surface area contributed by atoms with E-state index in [9.17, 15) is 9.18 Å². The predicted octanol–water partition coefficient (Wildman–Crippen LogP) is 4.83. The number of nitrogens with one attached hydrogen (secondary N) is 1. The van der Waals surface area contributed by atoms with Crippen molar-refractivity contribution in [1.29, 1.82) is 0 Å². The molecule has 1 amide bonds. The molecule has 0 fully saturated rings. The summed E-state index contributed by atoms with van der Waals surface area (Å²) >= 11 is 0. The van der Waals surface area contributed by atoms with Gasteiger partial charge in [-0.05, 0) is 54.4 Å². The highest BCUT2D eigenvalue weighted by molar-refractivity contribution is 5.82. The standard InChI is InChI=1S/C23H21FN2O2/c1-17(19-7-3-2-4-8-19)26-23(27)16-28-20-13-11-18(12-14-20)15-25-22-10-6-5-9-21(22)24/h2-15,17H,16H2,1H3,(H,26,27)/t17-/m0/s1. The molecule has 0 heterocycles. The van der Waals surface area contributed by atoms with Gasteiger partial charge >= 0.3 is 0 Å². The van der Waals surface area contributed by atoms with Crippen molar-refractivity contribution in [1.82, 2.24) is 5.32 Å². The lowest BCUT2D eigenvalue weighted by Gasteiger charge is -2.14. The lowest BCUT2D eigenvalue weighted by Crippen LogP contribution is -2.31. The number of benzene rings is 3. The molecule has 142 valence electrons. The molecule has 0 radical (unpaired) electrons. The van der Waals surface area contributed by atoms with Gasteiger partial charge in [0.2, 0.25) is 0 Å². The van der Waals surface area contributed by atoms with Crippen molar-refractivity contribution in [3.8, 4) is 5.75 Å². The van der Waals surface area contributed by atoms with Crippen LogP contribution in [0.15, 0.2) is 83.9 Å². The Labute approximate surface area is 163 Å². The Morgan fingerprint density at radius 2 is 1.71 bits per heavy atom. The molecule has 3 aromatic carbocycles. The van der Waals surface area contributed by atoms with Crippen LogP contribution in [0.2, 0.25) is 0 Å². The van der Waals surface area contributed by atoms with Crippen molar-refractivity contribution in [3.05, 3.63) is 95.8 Å². The second-order valence-electron chi connectivity index (χ2n) is 6.27. The number of carbonyl (C=O) groups excluding carboxylic acids is 1. The van der Waals surface area contributed by atoms with Crippen LogP contribution in [-0.2, 0) is 4.79 Å². The van der Waals surface area contributed by atoms with E-state index in [0.717, 1.165) is 11.1 Å². The number of halogens is 1. The summed E-state index contributed by atoms with van der Waals surface area (Å²) in [6.45, 7) is 1.86. The molecule has 5 heteroatoms. The Morgan fingerprint density at radius 3 is 2.43 bits per heavy atom. The average molecular weight is 376 g/mol. The number of ether oxygens (including phenoxy) is 1. The SMILES string of the molecule is C[C@H](NC(=O)COc1ccc(C=Nc2ccccc2F)cc1)c1ccccc1. The van der Waals surface area contributed by atoms with Gasteiger partial charge in [-0.15, -0.1) is 0 Å². The first kappa shape index (κ1) is 19.3. The zero-order chi connectivity index (χ0) is 19.8. The first-order valence-corrected chi connectivity index (χ1v) is 8.97. The number of hydrogen-bond donors (Lipinski definition) is 1. The van der Waals surface area contributed by atoms with Gasteiger partial charge in [0.15, 0.2) is 6.61 Å². The first-order valence-electron chi connectivity index (χ1n) is 8.97. The number of carbonyl (C=O) groups is 1. The van der Waals surface area contributed by atoms with Gasteiger partial charge < -0.3 is 10.1 Å². The van der Waals surface area contributed by atoms with Crippen molar-refractivity contribution in [2.24, 2.45) is 4.99 Å². The van der Waals surface area contributed by atoms with Gasteiger partial charge in [-0.25, -0.2) is 4.39 Å². The van der Waals surface area contributed by atoms with Crippen LogP contribution < -0.4 is 10.1 Å². The van der Waals surface area contributed by atoms with E-state index in [1.807, 2.05) is 37.3 Å². The molecule has 0 aliphatic heterocycles. The monoisotopic (exact) mass is 376 g/mol. The number of amides is 1. The van der Waals surface area contributed by atoms with Crippen LogP contribution in [0.25, 0.3) is 0 Å². The van der Waals surface area contributed by atoms with Gasteiger partial charge in [0.1, 0.15) is 11.6 Å². The zero-order valence-corrected chi connectivity index (χ0v) is 15.5. The van der Waals surface area contributed by atoms with Gasteiger partial charge in [-0.3, -0.25) is 9.79 Å². The third-order valence-corrected chi connectivity index (χ3v) is 4.13. The number of rotatable bonds is 7. The normalized spacial score (nSPS) is 11.9. The van der Waals surface area contributed by atoms with Crippen LogP contribution in [0.3, 0.4) is 0 Å². The predicted molar refractivity (Wildman–Crippen MR) is 109 cm³/mol. The topological polar surface area (TPSA) is 50.7 Å². The molecule has 0 unspecified atom stereocenters. The number of hydrogen-bond acceptors (Lipinski definition) is 3. The van der Waals surface area contributed by atoms with Gasteiger partial charge in [-0.1, -0.05) is 42.5 Å². The summed E-state index contributed by atoms with van der Waals surface area (Å²) in [4.78, 5) is 16.2. The number of aliphatic imine (C=N–C) groups is 1. The maximum absolute atomic E-state index is 13.6. The Kier molecular flexibility index (Phi) is 6.52. The molecule has 0 bridgehead atoms. The van der Waals surface area contributed by atoms with Crippen LogP contribution in [0.4, 0.5) is 10.1 Å². The second kappa shape index (κ2) is 9.46. The fourth-order valence-corrected chi connectivity index (χ4v) is 2.61. The molecule has 0 spiro atoms. The van der Waals surface area contributed by atoms with E-state index >= 15 is 0 Å². The van der Waals surface area contributed by atoms with E-state index in [1.165, 1.54) is 6.07 Å². The van der Waals surface area contributed by atoms with Crippen LogP contribution in [0, 0.1) is 5.82 Å². The van der Waals surface area contributed by atoms with Crippen molar-refractivity contribution in [2.45, 2.75) is 13.0 Å². The molecule has 0 aliphatic carbocycles. The molecule has 1 atom stereocenters. The van der Waals surface area contributed by atoms with Crippen LogP contribution >= 0.6 is 0 Å². The van der Waals surface area contributed by atoms with E-state index < -0.39 is 0 Å². The van der Waals surface area contributed by atoms with E-state index in [-0.39, 0.29) is 30.1 Å². The average Bonchev–Trinajstić information content (AvgIpc) is 2.73. The highest BCUT2D eigenvalue weighted by atomic mass is 19.1. The summed E-state index contributed by atoms with van der Waals surface area (Å²) < 4.78 is 19.1. The molecule has 1 N–H and O–H groups in total. The molecule has 3 aromatic rings. The minimum absolute atomic E-state index is 0.0696. The molecular formula is C23H21FN2O2. The fourth-order valence-electron chi connectivity index (χ4n) is 2.61. The van der Waals surface area contributed by atoms with E-state index in [1.54, 1.807) is 48.7 Å². The molecule has 0 saturated carbocycles. The van der Waals surface area contributed by atoms with Crippen molar-refractivity contribution < 1.29 is 13.9 Å². The van der Waals surface area contributed by atoms with Crippen molar-refractivity contribution >= 4 is 17.8 Å². The van der Waals surface area contributed by atoms with E-state index in [0.29, 0.717) is 5.75 Å². The van der Waals surface area contributed by atoms with Crippen molar-refractivity contribution in [2.75, 3.05) is 6.61 Å². The molecule has 0 aromatic heterocycles. The Hall–Kier alpha value is -3.47. The van der Waals surface area contributed by atoms with Gasteiger partial charge in [0.05, 0.1) is 11.7 Å². The molecular weight excluding hydrogens is 355 g/mol. The second-order valence-corrected chi connectivity index (χ2v) is 6.27. The minimum Gasteiger partial charge on any atom is -0.484 e. The summed E-state index contributed by atoms with van der Waals surface area (Å²) in [7, 11) is 0. The lowest BCUT2D eigenvalue weighted by molar-refractivity contribution is -0.123. The van der Waals surface area contributed by atoms with E-state index in [2.05, 4.69) is 10.3 Å². The lowest BCUT2D eigenvalue weighted by atomic mass is 10.1. The fraction of sp³-hybridized carbons (Fsp3) is 0.130. The summed E-state index contributed by atoms with van der Waals surface area (Å²) in [5.74, 6) is 0.0153. The number of para-hydroxylation sites is 1. The smallest absolute Gasteiger partial charge is 0.258 e. The molecule has 3 rings (SSSR count). The maximum Gasteiger partial charge on any atom is 0.258 e. The summed E-state index contributed by atoms with van der Waals surface area (Å²) in [5.41, 5.74) is 2.12.